The van der Waals surface area contributed by atoms with Gasteiger partial charge in [-0.15, -0.1) is 0 Å². The summed E-state index contributed by atoms with van der Waals surface area (Å²) in [5, 5.41) is 9.39. The van der Waals surface area contributed by atoms with Crippen molar-refractivity contribution < 1.29 is 43.2 Å². The first kappa shape index (κ1) is 18.3. The number of rotatable bonds is 5. The standard InChI is InChI=1S/C13H20O9/c1-6(15)19-10-9(5-14)22-13(18-4)12(21-8(3)17)11(10)20-7(2)16/h9-14H,5H2,1-4H3/t9-,10-,11-,12-,13+/m1/s1. The second-order valence-electron chi connectivity index (χ2n) is 4.68. The quantitative estimate of drug-likeness (QED) is 0.510. The van der Waals surface area contributed by atoms with Gasteiger partial charge in [0.25, 0.3) is 0 Å². The molecule has 126 valence electrons. The Morgan fingerprint density at radius 1 is 0.909 bits per heavy atom. The molecule has 0 aromatic rings. The van der Waals surface area contributed by atoms with Gasteiger partial charge in [-0.25, -0.2) is 0 Å². The Hall–Kier alpha value is -1.71. The summed E-state index contributed by atoms with van der Waals surface area (Å²) >= 11 is 0. The van der Waals surface area contributed by atoms with E-state index in [2.05, 4.69) is 0 Å². The van der Waals surface area contributed by atoms with E-state index in [1.165, 1.54) is 7.11 Å². The van der Waals surface area contributed by atoms with Crippen molar-refractivity contribution in [1.29, 1.82) is 0 Å². The van der Waals surface area contributed by atoms with Gasteiger partial charge in [-0.2, -0.15) is 0 Å². The highest BCUT2D eigenvalue weighted by Gasteiger charge is 2.51. The summed E-state index contributed by atoms with van der Waals surface area (Å²) in [6, 6.07) is 0. The molecule has 0 aromatic carbocycles. The van der Waals surface area contributed by atoms with Crippen molar-refractivity contribution >= 4 is 17.9 Å². The van der Waals surface area contributed by atoms with Crippen molar-refractivity contribution in [2.45, 2.75) is 51.5 Å². The first-order chi connectivity index (χ1) is 10.3. The van der Waals surface area contributed by atoms with Crippen LogP contribution in [-0.2, 0) is 38.1 Å². The summed E-state index contributed by atoms with van der Waals surface area (Å²) < 4.78 is 25.7. The second-order valence-corrected chi connectivity index (χ2v) is 4.68. The van der Waals surface area contributed by atoms with Crippen LogP contribution in [0.4, 0.5) is 0 Å². The molecule has 22 heavy (non-hydrogen) atoms. The predicted octanol–water partition coefficient (Wildman–Crippen LogP) is -0.855. The van der Waals surface area contributed by atoms with Gasteiger partial charge >= 0.3 is 17.9 Å². The van der Waals surface area contributed by atoms with Gasteiger partial charge in [0.05, 0.1) is 6.61 Å². The van der Waals surface area contributed by atoms with Crippen LogP contribution in [-0.4, -0.2) is 67.4 Å². The van der Waals surface area contributed by atoms with Crippen LogP contribution in [0.2, 0.25) is 0 Å². The first-order valence-corrected chi connectivity index (χ1v) is 6.61. The highest BCUT2D eigenvalue weighted by molar-refractivity contribution is 5.68. The maximum Gasteiger partial charge on any atom is 0.303 e. The minimum Gasteiger partial charge on any atom is -0.456 e. The summed E-state index contributed by atoms with van der Waals surface area (Å²) in [5.41, 5.74) is 0. The lowest BCUT2D eigenvalue weighted by atomic mass is 9.98. The normalized spacial score (nSPS) is 31.2. The molecule has 1 rings (SSSR count). The van der Waals surface area contributed by atoms with E-state index >= 15 is 0 Å². The van der Waals surface area contributed by atoms with E-state index < -0.39 is 55.2 Å². The lowest BCUT2D eigenvalue weighted by molar-refractivity contribution is -0.302. The smallest absolute Gasteiger partial charge is 0.303 e. The van der Waals surface area contributed by atoms with E-state index in [0.717, 1.165) is 20.8 Å². The van der Waals surface area contributed by atoms with E-state index in [1.54, 1.807) is 0 Å². The molecule has 5 atom stereocenters. The minimum absolute atomic E-state index is 0.512. The van der Waals surface area contributed by atoms with Gasteiger partial charge in [-0.05, 0) is 0 Å². The van der Waals surface area contributed by atoms with Crippen molar-refractivity contribution in [3.8, 4) is 0 Å². The third kappa shape index (κ3) is 4.65. The van der Waals surface area contributed by atoms with Gasteiger partial charge in [0, 0.05) is 27.9 Å². The van der Waals surface area contributed by atoms with Crippen LogP contribution >= 0.6 is 0 Å². The summed E-state index contributed by atoms with van der Waals surface area (Å²) in [6.07, 6.45) is -5.52. The lowest BCUT2D eigenvalue weighted by Gasteiger charge is -2.43. The fourth-order valence-corrected chi connectivity index (χ4v) is 2.19. The Morgan fingerprint density at radius 2 is 1.36 bits per heavy atom. The van der Waals surface area contributed by atoms with E-state index in [0.29, 0.717) is 0 Å². The zero-order valence-corrected chi connectivity index (χ0v) is 12.8. The molecule has 1 aliphatic rings. The molecule has 0 amide bonds. The van der Waals surface area contributed by atoms with E-state index in [1.807, 2.05) is 0 Å². The van der Waals surface area contributed by atoms with Crippen LogP contribution < -0.4 is 0 Å². The molecule has 0 aliphatic carbocycles. The third-order valence-electron chi connectivity index (χ3n) is 2.91. The zero-order valence-electron chi connectivity index (χ0n) is 12.8. The average Bonchev–Trinajstić information content (AvgIpc) is 2.41. The molecule has 0 aromatic heterocycles. The third-order valence-corrected chi connectivity index (χ3v) is 2.91. The minimum atomic E-state index is -1.17. The van der Waals surface area contributed by atoms with Gasteiger partial charge in [-0.1, -0.05) is 0 Å². The number of hydrogen-bond donors (Lipinski definition) is 1. The molecule has 0 radical (unpaired) electrons. The largest absolute Gasteiger partial charge is 0.456 e. The number of carbonyl (C=O) groups is 3. The van der Waals surface area contributed by atoms with Crippen LogP contribution in [0.3, 0.4) is 0 Å². The molecule has 9 nitrogen and oxygen atoms in total. The number of aliphatic hydroxyl groups is 1. The summed E-state index contributed by atoms with van der Waals surface area (Å²) in [6.45, 7) is 2.96. The van der Waals surface area contributed by atoms with Crippen molar-refractivity contribution in [2.75, 3.05) is 13.7 Å². The number of aliphatic hydroxyl groups excluding tert-OH is 1. The molecule has 9 heteroatoms. The van der Waals surface area contributed by atoms with Crippen LogP contribution in [0.5, 0.6) is 0 Å². The van der Waals surface area contributed by atoms with Gasteiger partial charge in [0.15, 0.2) is 24.6 Å². The van der Waals surface area contributed by atoms with Gasteiger partial charge < -0.3 is 28.8 Å². The molecule has 1 fully saturated rings. The number of carbonyl (C=O) groups excluding carboxylic acids is 3. The summed E-state index contributed by atoms with van der Waals surface area (Å²) in [4.78, 5) is 33.8. The monoisotopic (exact) mass is 320 g/mol. The maximum atomic E-state index is 11.3. The Bertz CT molecular complexity index is 392. The molecular weight excluding hydrogens is 300 g/mol. The van der Waals surface area contributed by atoms with Gasteiger partial charge in [0.2, 0.25) is 0 Å². The molecule has 0 unspecified atom stereocenters. The molecule has 0 saturated carbocycles. The molecule has 1 aliphatic heterocycles. The Labute approximate surface area is 127 Å². The topological polar surface area (TPSA) is 118 Å². The van der Waals surface area contributed by atoms with Gasteiger partial charge in [0.1, 0.15) is 6.10 Å². The van der Waals surface area contributed by atoms with Crippen LogP contribution in [0.1, 0.15) is 20.8 Å². The second kappa shape index (κ2) is 8.06. The van der Waals surface area contributed by atoms with Crippen molar-refractivity contribution in [3.05, 3.63) is 0 Å². The van der Waals surface area contributed by atoms with Crippen molar-refractivity contribution in [2.24, 2.45) is 0 Å². The Balaban J connectivity index is 3.14. The highest BCUT2D eigenvalue weighted by atomic mass is 16.7. The molecule has 1 saturated heterocycles. The molecule has 0 spiro atoms. The number of esters is 3. The number of hydrogen-bond acceptors (Lipinski definition) is 9. The fraction of sp³-hybridized carbons (Fsp3) is 0.769. The maximum absolute atomic E-state index is 11.3. The summed E-state index contributed by atoms with van der Waals surface area (Å²) in [5.74, 6) is -1.99. The summed E-state index contributed by atoms with van der Waals surface area (Å²) in [7, 11) is 1.30. The zero-order chi connectivity index (χ0) is 16.9. The molecule has 0 bridgehead atoms. The molecular formula is C13H20O9. The van der Waals surface area contributed by atoms with E-state index in [4.69, 9.17) is 23.7 Å². The highest BCUT2D eigenvalue weighted by Crippen LogP contribution is 2.28. The lowest BCUT2D eigenvalue weighted by Crippen LogP contribution is -2.62. The predicted molar refractivity (Wildman–Crippen MR) is 69.4 cm³/mol. The fourth-order valence-electron chi connectivity index (χ4n) is 2.19. The Morgan fingerprint density at radius 3 is 1.77 bits per heavy atom. The first-order valence-electron chi connectivity index (χ1n) is 6.61. The van der Waals surface area contributed by atoms with Crippen LogP contribution in [0.25, 0.3) is 0 Å². The van der Waals surface area contributed by atoms with Crippen LogP contribution in [0.15, 0.2) is 0 Å². The SMILES string of the molecule is CO[C@H]1O[C@H](CO)[C@@H](OC(C)=O)[C@@H](OC(C)=O)[C@H]1OC(C)=O. The number of ether oxygens (including phenoxy) is 5. The molecule has 1 N–H and O–H groups in total. The van der Waals surface area contributed by atoms with Crippen molar-refractivity contribution in [3.63, 3.8) is 0 Å². The Kier molecular flexibility index (Phi) is 6.72. The molecule has 1 heterocycles. The van der Waals surface area contributed by atoms with Gasteiger partial charge in [-0.3, -0.25) is 14.4 Å². The van der Waals surface area contributed by atoms with Crippen molar-refractivity contribution in [1.82, 2.24) is 0 Å². The van der Waals surface area contributed by atoms with Crippen LogP contribution in [0, 0.1) is 0 Å². The average molecular weight is 320 g/mol. The van der Waals surface area contributed by atoms with E-state index in [9.17, 15) is 19.5 Å². The number of methoxy groups -OCH3 is 1. The van der Waals surface area contributed by atoms with E-state index in [-0.39, 0.29) is 0 Å².